The first-order valence-electron chi connectivity index (χ1n) is 8.46. The molecule has 0 aromatic heterocycles. The number of alkyl halides is 2. The van der Waals surface area contributed by atoms with Crippen molar-refractivity contribution in [3.63, 3.8) is 0 Å². The number of para-hydroxylation sites is 1. The number of carbonyl (C=O) groups is 1. The van der Waals surface area contributed by atoms with Crippen molar-refractivity contribution in [2.75, 3.05) is 36.9 Å². The number of aliphatic imine (C=N–C) groups is 1. The fourth-order valence-corrected chi connectivity index (χ4v) is 3.00. The summed E-state index contributed by atoms with van der Waals surface area (Å²) in [5.74, 6) is 0.605. The van der Waals surface area contributed by atoms with Gasteiger partial charge < -0.3 is 14.7 Å². The van der Waals surface area contributed by atoms with E-state index < -0.39 is 12.0 Å². The third-order valence-electron chi connectivity index (χ3n) is 4.01. The molecule has 0 radical (unpaired) electrons. The summed E-state index contributed by atoms with van der Waals surface area (Å²) >= 11 is 11.7. The first kappa shape index (κ1) is 21.1. The average molecular weight is 409 g/mol. The molecule has 0 saturated carbocycles. The van der Waals surface area contributed by atoms with Crippen LogP contribution < -0.4 is 4.90 Å². The molecule has 0 aliphatic carbocycles. The molecule has 0 heterocycles. The third kappa shape index (κ3) is 5.88. The van der Waals surface area contributed by atoms with Crippen molar-refractivity contribution in [3.05, 3.63) is 59.7 Å². The second-order valence-electron chi connectivity index (χ2n) is 5.72. The van der Waals surface area contributed by atoms with Gasteiger partial charge in [-0.15, -0.1) is 23.2 Å². The number of hydrogen-bond acceptors (Lipinski definition) is 5. The molecule has 2 aromatic carbocycles. The number of methoxy groups -OCH3 is 1. The Hall–Kier alpha value is -2.24. The number of nitrogens with zero attached hydrogens (tertiary/aromatic N) is 2. The van der Waals surface area contributed by atoms with Crippen LogP contribution in [0.5, 0.6) is 5.75 Å². The third-order valence-corrected chi connectivity index (χ3v) is 4.34. The molecule has 0 fully saturated rings. The van der Waals surface area contributed by atoms with Gasteiger partial charge in [0.15, 0.2) is 6.04 Å². The lowest BCUT2D eigenvalue weighted by Crippen LogP contribution is -2.27. The zero-order valence-corrected chi connectivity index (χ0v) is 16.5. The van der Waals surface area contributed by atoms with Crippen molar-refractivity contribution in [1.82, 2.24) is 0 Å². The number of halogens is 2. The van der Waals surface area contributed by atoms with Crippen LogP contribution in [-0.2, 0) is 9.53 Å². The van der Waals surface area contributed by atoms with Gasteiger partial charge in [0.1, 0.15) is 5.75 Å². The lowest BCUT2D eigenvalue weighted by atomic mass is 10.1. The van der Waals surface area contributed by atoms with Crippen LogP contribution in [0.3, 0.4) is 0 Å². The molecule has 0 aliphatic rings. The van der Waals surface area contributed by atoms with Gasteiger partial charge in [0, 0.05) is 42.3 Å². The Bertz CT molecular complexity index is 760. The lowest BCUT2D eigenvalue weighted by molar-refractivity contribution is -0.142. The Morgan fingerprint density at radius 3 is 2.33 bits per heavy atom. The van der Waals surface area contributed by atoms with Gasteiger partial charge in [0.25, 0.3) is 0 Å². The van der Waals surface area contributed by atoms with Gasteiger partial charge in [0.05, 0.1) is 7.11 Å². The van der Waals surface area contributed by atoms with E-state index in [1.165, 1.54) is 13.3 Å². The van der Waals surface area contributed by atoms with Gasteiger partial charge in [-0.05, 0) is 29.8 Å². The molecule has 0 spiro atoms. The maximum absolute atomic E-state index is 12.2. The molecule has 0 aliphatic heterocycles. The van der Waals surface area contributed by atoms with Gasteiger partial charge in [-0.3, -0.25) is 4.99 Å². The molecule has 27 heavy (non-hydrogen) atoms. The van der Waals surface area contributed by atoms with E-state index in [0.29, 0.717) is 36.0 Å². The highest BCUT2D eigenvalue weighted by molar-refractivity contribution is 6.18. The van der Waals surface area contributed by atoms with E-state index in [4.69, 9.17) is 27.9 Å². The highest BCUT2D eigenvalue weighted by atomic mass is 35.5. The van der Waals surface area contributed by atoms with E-state index in [-0.39, 0.29) is 5.75 Å². The molecule has 0 saturated heterocycles. The number of aromatic hydroxyl groups is 1. The summed E-state index contributed by atoms with van der Waals surface area (Å²) in [6, 6.07) is 13.4. The van der Waals surface area contributed by atoms with Crippen LogP contribution in [0, 0.1) is 0 Å². The molecule has 144 valence electrons. The molecule has 0 amide bonds. The summed E-state index contributed by atoms with van der Waals surface area (Å²) in [7, 11) is 1.32. The van der Waals surface area contributed by atoms with E-state index in [1.54, 1.807) is 24.3 Å². The van der Waals surface area contributed by atoms with Crippen molar-refractivity contribution < 1.29 is 14.6 Å². The Labute approximate surface area is 169 Å². The molecule has 0 unspecified atom stereocenters. The first-order chi connectivity index (χ1) is 13.1. The van der Waals surface area contributed by atoms with Crippen LogP contribution in [0.2, 0.25) is 0 Å². The highest BCUT2D eigenvalue weighted by Gasteiger charge is 2.20. The minimum absolute atomic E-state index is 0.0954. The second kappa shape index (κ2) is 10.8. The van der Waals surface area contributed by atoms with E-state index in [9.17, 15) is 9.90 Å². The average Bonchev–Trinajstić information content (AvgIpc) is 2.69. The number of rotatable bonds is 9. The van der Waals surface area contributed by atoms with Crippen LogP contribution in [0.4, 0.5) is 5.69 Å². The molecule has 2 aromatic rings. The summed E-state index contributed by atoms with van der Waals surface area (Å²) in [5.41, 5.74) is 2.18. The molecular weight excluding hydrogens is 387 g/mol. The maximum Gasteiger partial charge on any atom is 0.335 e. The Kier molecular flexibility index (Phi) is 8.43. The molecule has 5 nitrogen and oxygen atoms in total. The van der Waals surface area contributed by atoms with Crippen LogP contribution in [-0.4, -0.2) is 49.2 Å². The Morgan fingerprint density at radius 2 is 1.78 bits per heavy atom. The number of ether oxygens (including phenoxy) is 1. The van der Waals surface area contributed by atoms with E-state index in [1.807, 2.05) is 24.3 Å². The van der Waals surface area contributed by atoms with Crippen LogP contribution in [0.15, 0.2) is 53.5 Å². The molecule has 7 heteroatoms. The minimum atomic E-state index is -0.821. The zero-order chi connectivity index (χ0) is 19.6. The van der Waals surface area contributed by atoms with Gasteiger partial charge >= 0.3 is 5.97 Å². The van der Waals surface area contributed by atoms with Gasteiger partial charge in [-0.2, -0.15) is 0 Å². The fourth-order valence-electron chi connectivity index (χ4n) is 2.59. The fraction of sp³-hybridized carbons (Fsp3) is 0.300. The predicted molar refractivity (Wildman–Crippen MR) is 111 cm³/mol. The first-order valence-corrected chi connectivity index (χ1v) is 9.53. The lowest BCUT2D eigenvalue weighted by Gasteiger charge is -2.23. The predicted octanol–water partition coefficient (Wildman–Crippen LogP) is 4.01. The molecule has 2 rings (SSSR count). The van der Waals surface area contributed by atoms with Crippen LogP contribution in [0.1, 0.15) is 17.2 Å². The zero-order valence-electron chi connectivity index (χ0n) is 15.0. The van der Waals surface area contributed by atoms with Crippen LogP contribution in [0.25, 0.3) is 0 Å². The molecule has 0 bridgehead atoms. The number of carbonyl (C=O) groups excluding carboxylic acids is 1. The Morgan fingerprint density at radius 1 is 1.15 bits per heavy atom. The van der Waals surface area contributed by atoms with Crippen molar-refractivity contribution >= 4 is 41.1 Å². The van der Waals surface area contributed by atoms with Gasteiger partial charge in [-0.25, -0.2) is 4.79 Å². The van der Waals surface area contributed by atoms with E-state index in [0.717, 1.165) is 5.69 Å². The van der Waals surface area contributed by atoms with Crippen molar-refractivity contribution in [3.8, 4) is 5.75 Å². The smallest absolute Gasteiger partial charge is 0.335 e. The van der Waals surface area contributed by atoms with Crippen molar-refractivity contribution in [2.45, 2.75) is 6.04 Å². The maximum atomic E-state index is 12.2. The van der Waals surface area contributed by atoms with Crippen molar-refractivity contribution in [1.29, 1.82) is 0 Å². The van der Waals surface area contributed by atoms with Crippen LogP contribution >= 0.6 is 23.2 Å². The molecular formula is C20H22Cl2N2O3. The number of benzene rings is 2. The number of hydrogen-bond donors (Lipinski definition) is 1. The number of esters is 1. The van der Waals surface area contributed by atoms with E-state index >= 15 is 0 Å². The summed E-state index contributed by atoms with van der Waals surface area (Å²) in [5, 5.41) is 9.85. The van der Waals surface area contributed by atoms with E-state index in [2.05, 4.69) is 9.89 Å². The number of anilines is 1. The minimum Gasteiger partial charge on any atom is -0.507 e. The van der Waals surface area contributed by atoms with Gasteiger partial charge in [0.2, 0.25) is 0 Å². The largest absolute Gasteiger partial charge is 0.507 e. The van der Waals surface area contributed by atoms with Crippen molar-refractivity contribution in [2.24, 2.45) is 4.99 Å². The summed E-state index contributed by atoms with van der Waals surface area (Å²) < 4.78 is 4.88. The molecule has 1 N–H and O–H groups in total. The number of phenols is 1. The Balaban J connectivity index is 2.26. The normalized spacial score (nSPS) is 12.1. The quantitative estimate of drug-likeness (QED) is 0.386. The monoisotopic (exact) mass is 408 g/mol. The number of phenolic OH excluding ortho intramolecular Hbond substituents is 1. The SMILES string of the molecule is COC(=O)[C@@H](N=Cc1ccccc1O)c1ccc(N(CCCl)CCCl)cc1. The summed E-state index contributed by atoms with van der Waals surface area (Å²) in [4.78, 5) is 18.6. The summed E-state index contributed by atoms with van der Waals surface area (Å²) in [6.07, 6.45) is 1.47. The topological polar surface area (TPSA) is 62.1 Å². The standard InChI is InChI=1S/C20H22Cl2N2O3/c1-27-20(26)19(23-14-16-4-2-3-5-18(16)25)15-6-8-17(9-7-15)24(12-10-21)13-11-22/h2-9,14,19,25H,10-13H2,1H3/t19-/m0/s1. The highest BCUT2D eigenvalue weighted by Crippen LogP contribution is 2.24. The second-order valence-corrected chi connectivity index (χ2v) is 6.48. The molecule has 1 atom stereocenters. The summed E-state index contributed by atoms with van der Waals surface area (Å²) in [6.45, 7) is 1.36. The van der Waals surface area contributed by atoms with Gasteiger partial charge in [-0.1, -0.05) is 24.3 Å².